The molecule has 0 saturated carbocycles. The number of nitrogens with zero attached hydrogens (tertiary/aromatic N) is 1. The van der Waals surface area contributed by atoms with Gasteiger partial charge < -0.3 is 9.47 Å². The predicted octanol–water partition coefficient (Wildman–Crippen LogP) is 5.93. The number of hydrogen-bond acceptors (Lipinski definition) is 4. The number of hydrogen-bond donors (Lipinski definition) is 0. The lowest BCUT2D eigenvalue weighted by molar-refractivity contribution is 0.0470. The molecular formula is C24H18BrNO3. The first kappa shape index (κ1) is 19.2. The van der Waals surface area contributed by atoms with Crippen molar-refractivity contribution < 1.29 is 14.3 Å². The van der Waals surface area contributed by atoms with Gasteiger partial charge in [-0.15, -0.1) is 0 Å². The molecule has 0 atom stereocenters. The Morgan fingerprint density at radius 2 is 1.52 bits per heavy atom. The van der Waals surface area contributed by atoms with Crippen molar-refractivity contribution in [3.05, 3.63) is 106 Å². The molecule has 4 nitrogen and oxygen atoms in total. The first-order valence-electron chi connectivity index (χ1n) is 9.17. The van der Waals surface area contributed by atoms with Gasteiger partial charge in [0.25, 0.3) is 0 Å². The zero-order chi connectivity index (χ0) is 20.1. The molecule has 0 aliphatic rings. The normalized spacial score (nSPS) is 10.7. The van der Waals surface area contributed by atoms with E-state index in [9.17, 15) is 4.79 Å². The number of pyridine rings is 1. The molecule has 0 aliphatic carbocycles. The number of aromatic nitrogens is 1. The molecule has 1 heterocycles. The van der Waals surface area contributed by atoms with E-state index in [1.165, 1.54) is 0 Å². The minimum absolute atomic E-state index is 0.190. The standard InChI is InChI=1S/C24H18BrNO3/c25-19-11-12-21-20(13-19)23(24(27)29-16-18-9-5-2-6-10-18)22(14-26-21)28-15-17-7-3-1-4-8-17/h1-14H,15-16H2. The number of rotatable bonds is 6. The summed E-state index contributed by atoms with van der Waals surface area (Å²) in [6, 6.07) is 25.0. The van der Waals surface area contributed by atoms with E-state index in [0.29, 0.717) is 28.8 Å². The van der Waals surface area contributed by atoms with Crippen LogP contribution in [0.15, 0.2) is 89.5 Å². The lowest BCUT2D eigenvalue weighted by Gasteiger charge is -2.14. The Hall–Kier alpha value is -3.18. The summed E-state index contributed by atoms with van der Waals surface area (Å²) < 4.78 is 12.4. The Labute approximate surface area is 177 Å². The summed E-state index contributed by atoms with van der Waals surface area (Å²) in [5.74, 6) is -0.0417. The minimum atomic E-state index is -0.442. The molecule has 0 radical (unpaired) electrons. The quantitative estimate of drug-likeness (QED) is 0.343. The third-order valence-corrected chi connectivity index (χ3v) is 4.94. The molecule has 0 N–H and O–H groups in total. The fraction of sp³-hybridized carbons (Fsp3) is 0.0833. The number of esters is 1. The largest absolute Gasteiger partial charge is 0.486 e. The Morgan fingerprint density at radius 3 is 2.21 bits per heavy atom. The van der Waals surface area contributed by atoms with Crippen molar-refractivity contribution in [1.29, 1.82) is 0 Å². The van der Waals surface area contributed by atoms with E-state index < -0.39 is 5.97 Å². The third-order valence-electron chi connectivity index (χ3n) is 4.45. The van der Waals surface area contributed by atoms with Gasteiger partial charge in [-0.1, -0.05) is 76.6 Å². The van der Waals surface area contributed by atoms with Gasteiger partial charge >= 0.3 is 5.97 Å². The van der Waals surface area contributed by atoms with E-state index in [1.54, 1.807) is 6.20 Å². The van der Waals surface area contributed by atoms with Gasteiger partial charge in [-0.25, -0.2) is 4.79 Å². The van der Waals surface area contributed by atoms with Crippen molar-refractivity contribution in [2.45, 2.75) is 13.2 Å². The molecule has 29 heavy (non-hydrogen) atoms. The van der Waals surface area contributed by atoms with Crippen LogP contribution in [0.4, 0.5) is 0 Å². The molecule has 144 valence electrons. The fourth-order valence-electron chi connectivity index (χ4n) is 3.00. The van der Waals surface area contributed by atoms with Crippen LogP contribution in [-0.2, 0) is 18.0 Å². The highest BCUT2D eigenvalue weighted by Gasteiger charge is 2.20. The predicted molar refractivity (Wildman–Crippen MR) is 116 cm³/mol. The highest BCUT2D eigenvalue weighted by Crippen LogP contribution is 2.30. The van der Waals surface area contributed by atoms with E-state index >= 15 is 0 Å². The first-order chi connectivity index (χ1) is 14.2. The van der Waals surface area contributed by atoms with Gasteiger partial charge in [-0.05, 0) is 29.3 Å². The Bertz CT molecular complexity index is 1130. The van der Waals surface area contributed by atoms with Gasteiger partial charge in [0.05, 0.1) is 11.7 Å². The number of carbonyl (C=O) groups is 1. The summed E-state index contributed by atoms with van der Waals surface area (Å²) in [5, 5.41) is 0.683. The highest BCUT2D eigenvalue weighted by molar-refractivity contribution is 9.10. The number of halogens is 1. The molecule has 0 aliphatic heterocycles. The van der Waals surface area contributed by atoms with Crippen LogP contribution < -0.4 is 4.74 Å². The number of fused-ring (bicyclic) bond motifs is 1. The van der Waals surface area contributed by atoms with E-state index in [0.717, 1.165) is 15.6 Å². The summed E-state index contributed by atoms with van der Waals surface area (Å²) in [7, 11) is 0. The molecule has 0 amide bonds. The van der Waals surface area contributed by atoms with Gasteiger partial charge in [-0.3, -0.25) is 4.98 Å². The number of benzene rings is 3. The average Bonchev–Trinajstić information content (AvgIpc) is 2.77. The molecule has 0 bridgehead atoms. The van der Waals surface area contributed by atoms with Crippen LogP contribution >= 0.6 is 15.9 Å². The molecular weight excluding hydrogens is 430 g/mol. The Balaban J connectivity index is 1.66. The zero-order valence-electron chi connectivity index (χ0n) is 15.5. The smallest absolute Gasteiger partial charge is 0.343 e. The summed E-state index contributed by atoms with van der Waals surface area (Å²) in [4.78, 5) is 17.5. The number of carbonyl (C=O) groups excluding carboxylic acids is 1. The zero-order valence-corrected chi connectivity index (χ0v) is 17.1. The molecule has 4 aromatic rings. The van der Waals surface area contributed by atoms with E-state index in [4.69, 9.17) is 9.47 Å². The van der Waals surface area contributed by atoms with Crippen molar-refractivity contribution in [3.8, 4) is 5.75 Å². The van der Waals surface area contributed by atoms with Crippen LogP contribution in [0, 0.1) is 0 Å². The van der Waals surface area contributed by atoms with Crippen LogP contribution in [0.2, 0.25) is 0 Å². The molecule has 0 fully saturated rings. The van der Waals surface area contributed by atoms with Gasteiger partial charge in [-0.2, -0.15) is 0 Å². The summed E-state index contributed by atoms with van der Waals surface area (Å²) in [5.41, 5.74) is 3.01. The molecule has 0 spiro atoms. The van der Waals surface area contributed by atoms with E-state index in [-0.39, 0.29) is 6.61 Å². The maximum atomic E-state index is 13.0. The molecule has 4 rings (SSSR count). The highest BCUT2D eigenvalue weighted by atomic mass is 79.9. The average molecular weight is 448 g/mol. The van der Waals surface area contributed by atoms with Crippen LogP contribution in [0.3, 0.4) is 0 Å². The second-order valence-corrected chi connectivity index (χ2v) is 7.41. The minimum Gasteiger partial charge on any atom is -0.486 e. The van der Waals surface area contributed by atoms with E-state index in [2.05, 4.69) is 20.9 Å². The van der Waals surface area contributed by atoms with E-state index in [1.807, 2.05) is 78.9 Å². The van der Waals surface area contributed by atoms with Crippen molar-refractivity contribution in [3.63, 3.8) is 0 Å². The van der Waals surface area contributed by atoms with Gasteiger partial charge in [0, 0.05) is 9.86 Å². The summed E-state index contributed by atoms with van der Waals surface area (Å²) in [6.07, 6.45) is 1.58. The first-order valence-corrected chi connectivity index (χ1v) is 9.96. The second kappa shape index (κ2) is 8.88. The van der Waals surface area contributed by atoms with Crippen molar-refractivity contribution in [2.75, 3.05) is 0 Å². The third kappa shape index (κ3) is 4.63. The van der Waals surface area contributed by atoms with Gasteiger partial charge in [0.15, 0.2) is 5.75 Å². The summed E-state index contributed by atoms with van der Waals surface area (Å²) >= 11 is 3.47. The van der Waals surface area contributed by atoms with Crippen LogP contribution in [0.25, 0.3) is 10.9 Å². The van der Waals surface area contributed by atoms with Gasteiger partial charge in [0.2, 0.25) is 0 Å². The van der Waals surface area contributed by atoms with Crippen molar-refractivity contribution in [1.82, 2.24) is 4.98 Å². The lowest BCUT2D eigenvalue weighted by atomic mass is 10.1. The maximum absolute atomic E-state index is 13.0. The molecule has 5 heteroatoms. The van der Waals surface area contributed by atoms with Crippen LogP contribution in [0.1, 0.15) is 21.5 Å². The Morgan fingerprint density at radius 1 is 0.862 bits per heavy atom. The molecule has 3 aromatic carbocycles. The van der Waals surface area contributed by atoms with Gasteiger partial charge in [0.1, 0.15) is 18.8 Å². The maximum Gasteiger partial charge on any atom is 0.343 e. The van der Waals surface area contributed by atoms with Crippen LogP contribution in [0.5, 0.6) is 5.75 Å². The fourth-order valence-corrected chi connectivity index (χ4v) is 3.36. The SMILES string of the molecule is O=C(OCc1ccccc1)c1c(OCc2ccccc2)cnc2ccc(Br)cc12. The molecule has 0 saturated heterocycles. The monoisotopic (exact) mass is 447 g/mol. The lowest BCUT2D eigenvalue weighted by Crippen LogP contribution is -2.10. The Kier molecular flexibility index (Phi) is 5.86. The molecule has 0 unspecified atom stereocenters. The second-order valence-electron chi connectivity index (χ2n) is 6.49. The number of ether oxygens (including phenoxy) is 2. The topological polar surface area (TPSA) is 48.4 Å². The van der Waals surface area contributed by atoms with Crippen LogP contribution in [-0.4, -0.2) is 11.0 Å². The summed E-state index contributed by atoms with van der Waals surface area (Å²) in [6.45, 7) is 0.524. The van der Waals surface area contributed by atoms with Crippen molar-refractivity contribution >= 4 is 32.8 Å². The van der Waals surface area contributed by atoms with Crippen molar-refractivity contribution in [2.24, 2.45) is 0 Å². The molecule has 1 aromatic heterocycles.